The lowest BCUT2D eigenvalue weighted by Gasteiger charge is -2.10. The second-order valence-corrected chi connectivity index (χ2v) is 6.68. The van der Waals surface area contributed by atoms with E-state index in [1.807, 2.05) is 31.4 Å². The minimum Gasteiger partial charge on any atom is -0.474 e. The Morgan fingerprint density at radius 3 is 2.88 bits per heavy atom. The Labute approximate surface area is 153 Å². The number of carbonyl (C=O) groups excluding carboxylic acids is 1. The summed E-state index contributed by atoms with van der Waals surface area (Å²) in [7, 11) is 0. The zero-order valence-corrected chi connectivity index (χ0v) is 15.1. The molecule has 0 unspecified atom stereocenters. The van der Waals surface area contributed by atoms with Crippen molar-refractivity contribution in [2.45, 2.75) is 20.0 Å². The molecule has 3 heterocycles. The standard InChI is InChI=1S/C17H15ClN4O2S/c1-10(2)24-16-13(18)6-12(8-20-16)15(23)22-17-21-14(9-25-17)11-4-3-5-19-7-11/h3-10H,1-2H3,(H,21,22,23). The average Bonchev–Trinajstić information content (AvgIpc) is 3.05. The maximum absolute atomic E-state index is 12.3. The minimum atomic E-state index is -0.336. The fraction of sp³-hybridized carbons (Fsp3) is 0.176. The van der Waals surface area contributed by atoms with Crippen LogP contribution in [0.3, 0.4) is 0 Å². The van der Waals surface area contributed by atoms with Gasteiger partial charge in [-0.2, -0.15) is 0 Å². The van der Waals surface area contributed by atoms with Crippen molar-refractivity contribution in [1.29, 1.82) is 0 Å². The molecule has 0 saturated heterocycles. The predicted octanol–water partition coefficient (Wildman–Crippen LogP) is 4.29. The molecule has 1 amide bonds. The quantitative estimate of drug-likeness (QED) is 0.720. The average molecular weight is 375 g/mol. The molecule has 6 nitrogen and oxygen atoms in total. The van der Waals surface area contributed by atoms with Gasteiger partial charge in [0.1, 0.15) is 5.02 Å². The van der Waals surface area contributed by atoms with Crippen LogP contribution in [0.1, 0.15) is 24.2 Å². The first kappa shape index (κ1) is 17.3. The van der Waals surface area contributed by atoms with Crippen molar-refractivity contribution >= 4 is 34.0 Å². The van der Waals surface area contributed by atoms with Gasteiger partial charge in [-0.05, 0) is 32.0 Å². The van der Waals surface area contributed by atoms with Gasteiger partial charge >= 0.3 is 0 Å². The number of halogens is 1. The summed E-state index contributed by atoms with van der Waals surface area (Å²) >= 11 is 7.45. The summed E-state index contributed by atoms with van der Waals surface area (Å²) in [5.41, 5.74) is 1.98. The van der Waals surface area contributed by atoms with E-state index < -0.39 is 0 Å². The van der Waals surface area contributed by atoms with Gasteiger partial charge in [0.05, 0.1) is 17.4 Å². The first-order valence-electron chi connectivity index (χ1n) is 7.52. The van der Waals surface area contributed by atoms with Crippen LogP contribution in [0.5, 0.6) is 5.88 Å². The summed E-state index contributed by atoms with van der Waals surface area (Å²) in [6.45, 7) is 3.75. The van der Waals surface area contributed by atoms with Crippen molar-refractivity contribution in [2.24, 2.45) is 0 Å². The van der Waals surface area contributed by atoms with Crippen molar-refractivity contribution in [3.8, 4) is 17.1 Å². The Morgan fingerprint density at radius 2 is 2.20 bits per heavy atom. The Kier molecular flexibility index (Phi) is 5.25. The zero-order valence-electron chi connectivity index (χ0n) is 13.6. The smallest absolute Gasteiger partial charge is 0.259 e. The number of carbonyl (C=O) groups is 1. The van der Waals surface area contributed by atoms with Gasteiger partial charge in [-0.25, -0.2) is 9.97 Å². The maximum Gasteiger partial charge on any atom is 0.259 e. The SMILES string of the molecule is CC(C)Oc1ncc(C(=O)Nc2nc(-c3cccnc3)cs2)cc1Cl. The van der Waals surface area contributed by atoms with Gasteiger partial charge in [-0.3, -0.25) is 15.1 Å². The number of hydrogen-bond acceptors (Lipinski definition) is 6. The van der Waals surface area contributed by atoms with Crippen LogP contribution in [0.15, 0.2) is 42.2 Å². The highest BCUT2D eigenvalue weighted by atomic mass is 35.5. The molecule has 1 N–H and O–H groups in total. The lowest BCUT2D eigenvalue weighted by atomic mass is 10.2. The van der Waals surface area contributed by atoms with Crippen LogP contribution in [0.25, 0.3) is 11.3 Å². The van der Waals surface area contributed by atoms with E-state index in [-0.39, 0.29) is 17.0 Å². The number of ether oxygens (including phenoxy) is 1. The molecule has 0 spiro atoms. The van der Waals surface area contributed by atoms with E-state index >= 15 is 0 Å². The normalized spacial score (nSPS) is 10.7. The van der Waals surface area contributed by atoms with Gasteiger partial charge in [0.15, 0.2) is 5.13 Å². The van der Waals surface area contributed by atoms with Crippen LogP contribution < -0.4 is 10.1 Å². The van der Waals surface area contributed by atoms with Crippen molar-refractivity contribution in [2.75, 3.05) is 5.32 Å². The maximum atomic E-state index is 12.3. The van der Waals surface area contributed by atoms with Crippen molar-refractivity contribution < 1.29 is 9.53 Å². The molecule has 25 heavy (non-hydrogen) atoms. The monoisotopic (exact) mass is 374 g/mol. The summed E-state index contributed by atoms with van der Waals surface area (Å²) in [6.07, 6.45) is 4.79. The van der Waals surface area contributed by atoms with Gasteiger partial charge in [0, 0.05) is 29.5 Å². The molecule has 3 rings (SSSR count). The van der Waals surface area contributed by atoms with Crippen LogP contribution >= 0.6 is 22.9 Å². The number of nitrogens with zero attached hydrogens (tertiary/aromatic N) is 3. The summed E-state index contributed by atoms with van der Waals surface area (Å²) in [5, 5.41) is 5.38. The van der Waals surface area contributed by atoms with E-state index in [9.17, 15) is 4.79 Å². The van der Waals surface area contributed by atoms with E-state index in [2.05, 4.69) is 20.3 Å². The molecular formula is C17H15ClN4O2S. The number of anilines is 1. The van der Waals surface area contributed by atoms with Crippen LogP contribution in [0.2, 0.25) is 5.02 Å². The topological polar surface area (TPSA) is 77.0 Å². The van der Waals surface area contributed by atoms with Crippen LogP contribution in [0, 0.1) is 0 Å². The number of nitrogens with one attached hydrogen (secondary N) is 1. The Balaban J connectivity index is 1.72. The molecule has 0 aliphatic rings. The van der Waals surface area contributed by atoms with E-state index in [0.717, 1.165) is 11.3 Å². The molecule has 0 aliphatic carbocycles. The third-order valence-corrected chi connectivity index (χ3v) is 4.13. The Hall–Kier alpha value is -2.51. The number of rotatable bonds is 5. The molecule has 3 aromatic heterocycles. The Bertz CT molecular complexity index is 883. The first-order chi connectivity index (χ1) is 12.0. The minimum absolute atomic E-state index is 0.0501. The molecule has 0 radical (unpaired) electrons. The number of pyridine rings is 2. The van der Waals surface area contributed by atoms with Crippen LogP contribution in [-0.4, -0.2) is 27.0 Å². The highest BCUT2D eigenvalue weighted by Gasteiger charge is 2.14. The second-order valence-electron chi connectivity index (χ2n) is 5.41. The molecule has 0 atom stereocenters. The third kappa shape index (κ3) is 4.32. The van der Waals surface area contributed by atoms with Crippen molar-refractivity contribution in [3.63, 3.8) is 0 Å². The van der Waals surface area contributed by atoms with Gasteiger partial charge < -0.3 is 4.74 Å². The molecule has 0 fully saturated rings. The van der Waals surface area contributed by atoms with Gasteiger partial charge in [0.25, 0.3) is 5.91 Å². The van der Waals surface area contributed by atoms with E-state index in [4.69, 9.17) is 16.3 Å². The highest BCUT2D eigenvalue weighted by Crippen LogP contribution is 2.26. The summed E-state index contributed by atoms with van der Waals surface area (Å²) in [4.78, 5) is 24.9. The Morgan fingerprint density at radius 1 is 1.36 bits per heavy atom. The van der Waals surface area contributed by atoms with E-state index in [0.29, 0.717) is 16.6 Å². The fourth-order valence-corrected chi connectivity index (χ4v) is 2.93. The van der Waals surface area contributed by atoms with E-state index in [1.54, 1.807) is 12.4 Å². The lowest BCUT2D eigenvalue weighted by molar-refractivity contribution is 0.102. The predicted molar refractivity (Wildman–Crippen MR) is 98.3 cm³/mol. The molecule has 0 saturated carbocycles. The highest BCUT2D eigenvalue weighted by molar-refractivity contribution is 7.14. The molecule has 8 heteroatoms. The molecular weight excluding hydrogens is 360 g/mol. The zero-order chi connectivity index (χ0) is 17.8. The molecule has 3 aromatic rings. The molecule has 128 valence electrons. The summed E-state index contributed by atoms with van der Waals surface area (Å²) < 4.78 is 5.46. The van der Waals surface area contributed by atoms with Crippen LogP contribution in [0.4, 0.5) is 5.13 Å². The molecule has 0 bridgehead atoms. The van der Waals surface area contributed by atoms with Crippen LogP contribution in [-0.2, 0) is 0 Å². The molecule has 0 aromatic carbocycles. The van der Waals surface area contributed by atoms with Gasteiger partial charge in [-0.15, -0.1) is 11.3 Å². The second kappa shape index (κ2) is 7.58. The third-order valence-electron chi connectivity index (χ3n) is 3.10. The van der Waals surface area contributed by atoms with Gasteiger partial charge in [-0.1, -0.05) is 11.6 Å². The fourth-order valence-electron chi connectivity index (χ4n) is 2.01. The summed E-state index contributed by atoms with van der Waals surface area (Å²) in [5.74, 6) is -0.0288. The lowest BCUT2D eigenvalue weighted by Crippen LogP contribution is -2.13. The van der Waals surface area contributed by atoms with Gasteiger partial charge in [0.2, 0.25) is 5.88 Å². The first-order valence-corrected chi connectivity index (χ1v) is 8.78. The number of thiazole rings is 1. The number of amides is 1. The summed E-state index contributed by atoms with van der Waals surface area (Å²) in [6, 6.07) is 5.27. The largest absolute Gasteiger partial charge is 0.474 e. The van der Waals surface area contributed by atoms with Crippen molar-refractivity contribution in [1.82, 2.24) is 15.0 Å². The van der Waals surface area contributed by atoms with E-state index in [1.165, 1.54) is 23.6 Å². The number of aromatic nitrogens is 3. The van der Waals surface area contributed by atoms with Crippen molar-refractivity contribution in [3.05, 3.63) is 52.8 Å². The molecule has 0 aliphatic heterocycles. The number of hydrogen-bond donors (Lipinski definition) is 1.